The summed E-state index contributed by atoms with van der Waals surface area (Å²) in [6.45, 7) is 7.90. The molecule has 0 saturated heterocycles. The molecule has 0 aliphatic heterocycles. The van der Waals surface area contributed by atoms with Gasteiger partial charge in [-0.2, -0.15) is 0 Å². The van der Waals surface area contributed by atoms with Crippen molar-refractivity contribution in [2.45, 2.75) is 46.1 Å². The van der Waals surface area contributed by atoms with Gasteiger partial charge in [-0.3, -0.25) is 4.98 Å². The molecule has 2 unspecified atom stereocenters. The molecule has 0 radical (unpaired) electrons. The topological polar surface area (TPSA) is 24.9 Å². The molecule has 0 saturated carbocycles. The van der Waals surface area contributed by atoms with Crippen molar-refractivity contribution in [1.82, 2.24) is 10.3 Å². The highest BCUT2D eigenvalue weighted by molar-refractivity contribution is 5.82. The Balaban J connectivity index is 2.39. The van der Waals surface area contributed by atoms with Crippen LogP contribution in [0.15, 0.2) is 36.5 Å². The van der Waals surface area contributed by atoms with E-state index in [1.807, 2.05) is 6.20 Å². The number of rotatable bonds is 7. The molecule has 2 rings (SSSR count). The van der Waals surface area contributed by atoms with E-state index in [0.717, 1.165) is 12.1 Å². The Morgan fingerprint density at radius 2 is 1.90 bits per heavy atom. The van der Waals surface area contributed by atoms with Gasteiger partial charge in [0.05, 0.1) is 5.52 Å². The first-order valence-electron chi connectivity index (χ1n) is 7.85. The third-order valence-corrected chi connectivity index (χ3v) is 3.95. The van der Waals surface area contributed by atoms with E-state index in [9.17, 15) is 0 Å². The summed E-state index contributed by atoms with van der Waals surface area (Å²) in [6.07, 6.45) is 5.59. The van der Waals surface area contributed by atoms with Crippen LogP contribution in [0.5, 0.6) is 0 Å². The predicted molar refractivity (Wildman–Crippen MR) is 86.8 cm³/mol. The number of fused-ring (bicyclic) bond motifs is 1. The molecule has 1 heterocycles. The van der Waals surface area contributed by atoms with Gasteiger partial charge in [0.1, 0.15) is 0 Å². The van der Waals surface area contributed by atoms with E-state index < -0.39 is 0 Å². The van der Waals surface area contributed by atoms with Crippen molar-refractivity contribution in [3.63, 3.8) is 0 Å². The summed E-state index contributed by atoms with van der Waals surface area (Å²) in [5.41, 5.74) is 2.49. The van der Waals surface area contributed by atoms with Gasteiger partial charge in [0.15, 0.2) is 0 Å². The highest BCUT2D eigenvalue weighted by atomic mass is 14.9. The molecular formula is C18H26N2. The van der Waals surface area contributed by atoms with Crippen LogP contribution in [0.1, 0.15) is 51.6 Å². The Kier molecular flexibility index (Phi) is 5.54. The molecule has 2 aromatic rings. The van der Waals surface area contributed by atoms with Crippen LogP contribution < -0.4 is 5.32 Å². The number of nitrogens with zero attached hydrogens (tertiary/aromatic N) is 1. The fraction of sp³-hybridized carbons (Fsp3) is 0.500. The van der Waals surface area contributed by atoms with E-state index >= 15 is 0 Å². The fourth-order valence-electron chi connectivity index (χ4n) is 2.93. The maximum absolute atomic E-state index is 4.48. The monoisotopic (exact) mass is 270 g/mol. The van der Waals surface area contributed by atoms with E-state index in [4.69, 9.17) is 0 Å². The van der Waals surface area contributed by atoms with E-state index in [1.54, 1.807) is 0 Å². The standard InChI is InChI=1S/C18H26N2/c1-4-8-14(3)18(20-12-5-2)16-11-13-19-17-10-7-6-9-15(16)17/h6-7,9-11,13-14,18,20H,4-5,8,12H2,1-3H3. The largest absolute Gasteiger partial charge is 0.310 e. The number of hydrogen-bond donors (Lipinski definition) is 1. The van der Waals surface area contributed by atoms with Crippen molar-refractivity contribution in [2.24, 2.45) is 5.92 Å². The van der Waals surface area contributed by atoms with Crippen molar-refractivity contribution >= 4 is 10.9 Å². The molecule has 0 spiro atoms. The summed E-state index contributed by atoms with van der Waals surface area (Å²) in [5.74, 6) is 0.636. The molecule has 0 amide bonds. The molecule has 20 heavy (non-hydrogen) atoms. The molecule has 0 fully saturated rings. The highest BCUT2D eigenvalue weighted by Crippen LogP contribution is 2.30. The van der Waals surface area contributed by atoms with Gasteiger partial charge in [0, 0.05) is 17.6 Å². The zero-order valence-electron chi connectivity index (χ0n) is 12.9. The average molecular weight is 270 g/mol. The van der Waals surface area contributed by atoms with Crippen molar-refractivity contribution in [2.75, 3.05) is 6.54 Å². The van der Waals surface area contributed by atoms with Gasteiger partial charge in [-0.15, -0.1) is 0 Å². The zero-order valence-corrected chi connectivity index (χ0v) is 12.9. The van der Waals surface area contributed by atoms with Crippen molar-refractivity contribution < 1.29 is 0 Å². The van der Waals surface area contributed by atoms with Gasteiger partial charge < -0.3 is 5.32 Å². The second-order valence-electron chi connectivity index (χ2n) is 5.62. The first kappa shape index (κ1) is 15.0. The Labute approximate surface area is 122 Å². The van der Waals surface area contributed by atoms with E-state index in [-0.39, 0.29) is 0 Å². The minimum absolute atomic E-state index is 0.419. The SMILES string of the molecule is CCCNC(c1ccnc2ccccc12)C(C)CCC. The molecule has 0 aliphatic rings. The minimum Gasteiger partial charge on any atom is -0.310 e. The quantitative estimate of drug-likeness (QED) is 0.788. The van der Waals surface area contributed by atoms with Crippen molar-refractivity contribution in [3.05, 3.63) is 42.1 Å². The molecule has 108 valence electrons. The Hall–Kier alpha value is -1.41. The maximum Gasteiger partial charge on any atom is 0.0705 e. The van der Waals surface area contributed by atoms with Crippen LogP contribution >= 0.6 is 0 Å². The number of para-hydroxylation sites is 1. The summed E-state index contributed by atoms with van der Waals surface area (Å²) in [5, 5.41) is 5.02. The predicted octanol–water partition coefficient (Wildman–Crippen LogP) is 4.71. The maximum atomic E-state index is 4.48. The Morgan fingerprint density at radius 1 is 1.10 bits per heavy atom. The highest BCUT2D eigenvalue weighted by Gasteiger charge is 2.20. The first-order chi connectivity index (χ1) is 9.77. The number of aromatic nitrogens is 1. The van der Waals surface area contributed by atoms with Gasteiger partial charge in [0.2, 0.25) is 0 Å². The summed E-state index contributed by atoms with van der Waals surface area (Å²) < 4.78 is 0. The molecule has 2 atom stereocenters. The van der Waals surface area contributed by atoms with Gasteiger partial charge in [-0.1, -0.05) is 45.4 Å². The second kappa shape index (κ2) is 7.39. The third kappa shape index (κ3) is 3.37. The molecule has 2 nitrogen and oxygen atoms in total. The van der Waals surface area contributed by atoms with Crippen LogP contribution in [0, 0.1) is 5.92 Å². The average Bonchev–Trinajstić information content (AvgIpc) is 2.48. The molecule has 1 aromatic heterocycles. The molecule has 0 aliphatic carbocycles. The Bertz CT molecular complexity index is 530. The van der Waals surface area contributed by atoms with E-state index in [2.05, 4.69) is 61.4 Å². The van der Waals surface area contributed by atoms with Crippen LogP contribution in [0.25, 0.3) is 10.9 Å². The van der Waals surface area contributed by atoms with Crippen LogP contribution in [-0.4, -0.2) is 11.5 Å². The normalized spacial score (nSPS) is 14.3. The van der Waals surface area contributed by atoms with Crippen molar-refractivity contribution in [1.29, 1.82) is 0 Å². The van der Waals surface area contributed by atoms with Crippen molar-refractivity contribution in [3.8, 4) is 0 Å². The summed E-state index contributed by atoms with van der Waals surface area (Å²) in [7, 11) is 0. The smallest absolute Gasteiger partial charge is 0.0705 e. The number of hydrogen-bond acceptors (Lipinski definition) is 2. The minimum atomic E-state index is 0.419. The number of benzene rings is 1. The summed E-state index contributed by atoms with van der Waals surface area (Å²) in [4.78, 5) is 4.48. The second-order valence-corrected chi connectivity index (χ2v) is 5.62. The first-order valence-corrected chi connectivity index (χ1v) is 7.85. The van der Waals surface area contributed by atoms with Crippen LogP contribution in [0.4, 0.5) is 0 Å². The third-order valence-electron chi connectivity index (χ3n) is 3.95. The lowest BCUT2D eigenvalue weighted by atomic mass is 9.89. The van der Waals surface area contributed by atoms with E-state index in [0.29, 0.717) is 12.0 Å². The van der Waals surface area contributed by atoms with Gasteiger partial charge in [0.25, 0.3) is 0 Å². The van der Waals surface area contributed by atoms with E-state index in [1.165, 1.54) is 30.2 Å². The number of nitrogens with one attached hydrogen (secondary N) is 1. The molecular weight excluding hydrogens is 244 g/mol. The summed E-state index contributed by atoms with van der Waals surface area (Å²) in [6, 6.07) is 11.1. The lowest BCUT2D eigenvalue weighted by molar-refractivity contribution is 0.365. The summed E-state index contributed by atoms with van der Waals surface area (Å²) >= 11 is 0. The Morgan fingerprint density at radius 3 is 2.65 bits per heavy atom. The number of pyridine rings is 1. The molecule has 0 bridgehead atoms. The fourth-order valence-corrected chi connectivity index (χ4v) is 2.93. The van der Waals surface area contributed by atoms with Crippen LogP contribution in [-0.2, 0) is 0 Å². The van der Waals surface area contributed by atoms with Gasteiger partial charge in [-0.25, -0.2) is 0 Å². The van der Waals surface area contributed by atoms with Crippen LogP contribution in [0.2, 0.25) is 0 Å². The lowest BCUT2D eigenvalue weighted by Crippen LogP contribution is -2.28. The zero-order chi connectivity index (χ0) is 14.4. The molecule has 1 aromatic carbocycles. The molecule has 2 heteroatoms. The van der Waals surface area contributed by atoms with Crippen LogP contribution in [0.3, 0.4) is 0 Å². The van der Waals surface area contributed by atoms with Gasteiger partial charge in [-0.05, 0) is 43.0 Å². The lowest BCUT2D eigenvalue weighted by Gasteiger charge is -2.26. The van der Waals surface area contributed by atoms with Gasteiger partial charge >= 0.3 is 0 Å². The molecule has 1 N–H and O–H groups in total.